The minimum atomic E-state index is -0.686. The first-order chi connectivity index (χ1) is 6.13. The number of aliphatic carboxylic acids is 1. The van der Waals surface area contributed by atoms with Crippen LogP contribution in [0.15, 0.2) is 0 Å². The maximum absolute atomic E-state index is 10.5. The molecule has 1 unspecified atom stereocenters. The summed E-state index contributed by atoms with van der Waals surface area (Å²) in [5, 5.41) is 8.69. The molecule has 0 spiro atoms. The topological polar surface area (TPSA) is 40.5 Å². The summed E-state index contributed by atoms with van der Waals surface area (Å²) >= 11 is 0. The van der Waals surface area contributed by atoms with E-state index >= 15 is 0 Å². The molecular weight excluding hydrogens is 166 g/mol. The van der Waals surface area contributed by atoms with Crippen molar-refractivity contribution in [3.8, 4) is 0 Å². The lowest BCUT2D eigenvalue weighted by Gasteiger charge is -2.25. The van der Waals surface area contributed by atoms with Crippen molar-refractivity contribution in [1.29, 1.82) is 0 Å². The third-order valence-electron chi connectivity index (χ3n) is 2.75. The predicted octanol–water partition coefficient (Wildman–Crippen LogP) is 1.58. The van der Waals surface area contributed by atoms with Gasteiger partial charge in [0.1, 0.15) is 0 Å². The molecule has 1 rings (SSSR count). The van der Waals surface area contributed by atoms with Crippen LogP contribution < -0.4 is 0 Å². The van der Waals surface area contributed by atoms with Crippen molar-refractivity contribution < 1.29 is 9.90 Å². The summed E-state index contributed by atoms with van der Waals surface area (Å²) in [7, 11) is 2.04. The molecule has 0 radical (unpaired) electrons. The molecule has 1 aliphatic carbocycles. The minimum Gasteiger partial charge on any atom is -0.481 e. The maximum Gasteiger partial charge on any atom is 0.304 e. The Morgan fingerprint density at radius 1 is 1.62 bits per heavy atom. The molecule has 0 aromatic carbocycles. The molecule has 1 N–H and O–H groups in total. The molecule has 1 aliphatic rings. The standard InChI is InChI=1S/C10H19NO2/c1-3-9(6-10(12)13)11(2)7-8-4-5-8/h8-9H,3-7H2,1-2H3,(H,12,13). The van der Waals surface area contributed by atoms with E-state index in [0.717, 1.165) is 18.9 Å². The van der Waals surface area contributed by atoms with E-state index in [1.807, 2.05) is 7.05 Å². The van der Waals surface area contributed by atoms with Crippen LogP contribution in [0.25, 0.3) is 0 Å². The number of carbonyl (C=O) groups is 1. The quantitative estimate of drug-likeness (QED) is 0.683. The second-order valence-corrected chi connectivity index (χ2v) is 4.04. The van der Waals surface area contributed by atoms with E-state index in [2.05, 4.69) is 11.8 Å². The van der Waals surface area contributed by atoms with Gasteiger partial charge in [-0.1, -0.05) is 6.92 Å². The van der Waals surface area contributed by atoms with Crippen molar-refractivity contribution in [2.24, 2.45) is 5.92 Å². The van der Waals surface area contributed by atoms with Crippen molar-refractivity contribution >= 4 is 5.97 Å². The van der Waals surface area contributed by atoms with Gasteiger partial charge in [-0.05, 0) is 32.2 Å². The van der Waals surface area contributed by atoms with Crippen molar-refractivity contribution in [3.63, 3.8) is 0 Å². The zero-order valence-electron chi connectivity index (χ0n) is 8.49. The van der Waals surface area contributed by atoms with Gasteiger partial charge in [0.15, 0.2) is 0 Å². The Bertz CT molecular complexity index is 178. The van der Waals surface area contributed by atoms with Crippen LogP contribution in [0.5, 0.6) is 0 Å². The second kappa shape index (κ2) is 4.61. The Labute approximate surface area is 79.7 Å². The van der Waals surface area contributed by atoms with Crippen LogP contribution in [0, 0.1) is 5.92 Å². The molecule has 0 saturated heterocycles. The summed E-state index contributed by atoms with van der Waals surface area (Å²) < 4.78 is 0. The van der Waals surface area contributed by atoms with Crippen molar-refractivity contribution in [3.05, 3.63) is 0 Å². The summed E-state index contributed by atoms with van der Waals surface area (Å²) in [5.74, 6) is 0.155. The highest BCUT2D eigenvalue weighted by Crippen LogP contribution is 2.30. The summed E-state index contributed by atoms with van der Waals surface area (Å²) in [6.07, 6.45) is 3.86. The average molecular weight is 185 g/mol. The first-order valence-electron chi connectivity index (χ1n) is 5.05. The van der Waals surface area contributed by atoms with Crippen LogP contribution in [-0.4, -0.2) is 35.6 Å². The highest BCUT2D eigenvalue weighted by atomic mass is 16.4. The van der Waals surface area contributed by atoms with Gasteiger partial charge < -0.3 is 10.0 Å². The Morgan fingerprint density at radius 2 is 2.23 bits per heavy atom. The number of carboxylic acid groups (broad SMARTS) is 1. The molecule has 13 heavy (non-hydrogen) atoms. The lowest BCUT2D eigenvalue weighted by Crippen LogP contribution is -2.34. The van der Waals surface area contributed by atoms with Crippen LogP contribution in [0.4, 0.5) is 0 Å². The molecule has 0 aliphatic heterocycles. The Kier molecular flexibility index (Phi) is 3.72. The highest BCUT2D eigenvalue weighted by molar-refractivity contribution is 5.67. The van der Waals surface area contributed by atoms with Gasteiger partial charge in [0.25, 0.3) is 0 Å². The van der Waals surface area contributed by atoms with Gasteiger partial charge in [0.2, 0.25) is 0 Å². The van der Waals surface area contributed by atoms with Crippen LogP contribution in [0.3, 0.4) is 0 Å². The average Bonchev–Trinajstić information content (AvgIpc) is 2.83. The molecule has 76 valence electrons. The molecule has 3 heteroatoms. The molecular formula is C10H19NO2. The van der Waals surface area contributed by atoms with Gasteiger partial charge in [-0.15, -0.1) is 0 Å². The SMILES string of the molecule is CCC(CC(=O)O)N(C)CC1CC1. The summed E-state index contributed by atoms with van der Waals surface area (Å²) in [6, 6.07) is 0.220. The number of nitrogens with zero attached hydrogens (tertiary/aromatic N) is 1. The summed E-state index contributed by atoms with van der Waals surface area (Å²) in [4.78, 5) is 12.7. The molecule has 0 bridgehead atoms. The van der Waals surface area contributed by atoms with Crippen LogP contribution in [0.2, 0.25) is 0 Å². The number of rotatable bonds is 6. The van der Waals surface area contributed by atoms with Gasteiger partial charge in [-0.2, -0.15) is 0 Å². The molecule has 1 fully saturated rings. The van der Waals surface area contributed by atoms with Crippen molar-refractivity contribution in [2.45, 2.75) is 38.6 Å². The van der Waals surface area contributed by atoms with Gasteiger partial charge in [0.05, 0.1) is 6.42 Å². The molecule has 0 amide bonds. The molecule has 0 aromatic heterocycles. The minimum absolute atomic E-state index is 0.220. The summed E-state index contributed by atoms with van der Waals surface area (Å²) in [6.45, 7) is 3.13. The third kappa shape index (κ3) is 3.77. The summed E-state index contributed by atoms with van der Waals surface area (Å²) in [5.41, 5.74) is 0. The van der Waals surface area contributed by atoms with Gasteiger partial charge in [-0.3, -0.25) is 4.79 Å². The van der Waals surface area contributed by atoms with E-state index in [-0.39, 0.29) is 12.5 Å². The molecule has 3 nitrogen and oxygen atoms in total. The largest absolute Gasteiger partial charge is 0.481 e. The highest BCUT2D eigenvalue weighted by Gasteiger charge is 2.26. The fourth-order valence-corrected chi connectivity index (χ4v) is 1.67. The zero-order chi connectivity index (χ0) is 9.84. The van der Waals surface area contributed by atoms with Crippen LogP contribution >= 0.6 is 0 Å². The van der Waals surface area contributed by atoms with E-state index in [1.54, 1.807) is 0 Å². The molecule has 1 saturated carbocycles. The number of hydrogen-bond donors (Lipinski definition) is 1. The van der Waals surface area contributed by atoms with Crippen molar-refractivity contribution in [1.82, 2.24) is 4.90 Å². The van der Waals surface area contributed by atoms with Crippen LogP contribution in [-0.2, 0) is 4.79 Å². The fraction of sp³-hybridized carbons (Fsp3) is 0.900. The Balaban J connectivity index is 2.29. The first-order valence-corrected chi connectivity index (χ1v) is 5.05. The molecule has 1 atom stereocenters. The van der Waals surface area contributed by atoms with E-state index < -0.39 is 5.97 Å². The number of carboxylic acids is 1. The van der Waals surface area contributed by atoms with E-state index in [0.29, 0.717) is 0 Å². The fourth-order valence-electron chi connectivity index (χ4n) is 1.67. The predicted molar refractivity (Wildman–Crippen MR) is 51.7 cm³/mol. The zero-order valence-corrected chi connectivity index (χ0v) is 8.49. The maximum atomic E-state index is 10.5. The van der Waals surface area contributed by atoms with Crippen molar-refractivity contribution in [2.75, 3.05) is 13.6 Å². The van der Waals surface area contributed by atoms with Gasteiger partial charge in [-0.25, -0.2) is 0 Å². The smallest absolute Gasteiger partial charge is 0.304 e. The Hall–Kier alpha value is -0.570. The molecule has 0 heterocycles. The molecule has 0 aromatic rings. The Morgan fingerprint density at radius 3 is 2.62 bits per heavy atom. The lowest BCUT2D eigenvalue weighted by atomic mass is 10.1. The van der Waals surface area contributed by atoms with Gasteiger partial charge in [0, 0.05) is 12.6 Å². The monoisotopic (exact) mass is 185 g/mol. The third-order valence-corrected chi connectivity index (χ3v) is 2.75. The second-order valence-electron chi connectivity index (χ2n) is 4.04. The van der Waals surface area contributed by atoms with Crippen LogP contribution in [0.1, 0.15) is 32.6 Å². The first kappa shape index (κ1) is 10.5. The van der Waals surface area contributed by atoms with E-state index in [1.165, 1.54) is 12.8 Å². The van der Waals surface area contributed by atoms with Gasteiger partial charge >= 0.3 is 5.97 Å². The number of hydrogen-bond acceptors (Lipinski definition) is 2. The lowest BCUT2D eigenvalue weighted by molar-refractivity contribution is -0.138. The van der Waals surface area contributed by atoms with E-state index in [9.17, 15) is 4.79 Å². The van der Waals surface area contributed by atoms with E-state index in [4.69, 9.17) is 5.11 Å². The normalized spacial score (nSPS) is 19.0.